The number of carbonyl (C=O) groups excluding carboxylic acids is 2. The van der Waals surface area contributed by atoms with Gasteiger partial charge in [0, 0.05) is 25.4 Å². The molecule has 1 aliphatic rings. The lowest BCUT2D eigenvalue weighted by atomic mass is 10.2. The van der Waals surface area contributed by atoms with Gasteiger partial charge in [-0.05, 0) is 25.8 Å². The number of nitrogens with zero attached hydrogens (tertiary/aromatic N) is 2. The highest BCUT2D eigenvalue weighted by Gasteiger charge is 2.35. The van der Waals surface area contributed by atoms with E-state index in [2.05, 4.69) is 0 Å². The first-order valence-corrected chi connectivity index (χ1v) is 6.13. The van der Waals surface area contributed by atoms with Crippen LogP contribution in [0, 0.1) is 0 Å². The van der Waals surface area contributed by atoms with Crippen molar-refractivity contribution < 1.29 is 19.5 Å². The lowest BCUT2D eigenvalue weighted by molar-refractivity contribution is -0.141. The number of ketones is 1. The summed E-state index contributed by atoms with van der Waals surface area (Å²) in [7, 11) is 1.67. The van der Waals surface area contributed by atoms with Crippen molar-refractivity contribution in [3.63, 3.8) is 0 Å². The molecule has 1 aliphatic heterocycles. The number of amides is 1. The van der Waals surface area contributed by atoms with Gasteiger partial charge in [-0.3, -0.25) is 9.59 Å². The predicted octanol–water partition coefficient (Wildman–Crippen LogP) is 0.917. The van der Waals surface area contributed by atoms with Gasteiger partial charge in [-0.25, -0.2) is 4.79 Å². The number of carboxylic acids is 1. The van der Waals surface area contributed by atoms with Crippen LogP contribution in [0.15, 0.2) is 12.3 Å². The smallest absolute Gasteiger partial charge is 0.326 e. The van der Waals surface area contributed by atoms with Crippen molar-refractivity contribution >= 4 is 17.7 Å². The number of hydrogen-bond donors (Lipinski definition) is 1. The Balaban J connectivity index is 2.29. The Morgan fingerprint density at radius 3 is 2.58 bits per heavy atom. The van der Waals surface area contributed by atoms with Crippen molar-refractivity contribution in [3.8, 4) is 0 Å². The molecular formula is C13H16N2O4. The van der Waals surface area contributed by atoms with Crippen molar-refractivity contribution in [1.82, 2.24) is 9.47 Å². The molecule has 6 heteroatoms. The average molecular weight is 264 g/mol. The van der Waals surface area contributed by atoms with Gasteiger partial charge in [0.25, 0.3) is 5.91 Å². The number of aliphatic carboxylic acids is 1. The van der Waals surface area contributed by atoms with Gasteiger partial charge in [0.1, 0.15) is 11.7 Å². The van der Waals surface area contributed by atoms with E-state index in [-0.39, 0.29) is 11.7 Å². The van der Waals surface area contributed by atoms with Gasteiger partial charge in [-0.2, -0.15) is 0 Å². The number of carboxylic acid groups (broad SMARTS) is 1. The third kappa shape index (κ3) is 2.38. The molecule has 102 valence electrons. The molecule has 0 bridgehead atoms. The fourth-order valence-corrected chi connectivity index (χ4v) is 2.38. The molecule has 1 aromatic heterocycles. The fourth-order valence-electron chi connectivity index (χ4n) is 2.38. The van der Waals surface area contributed by atoms with E-state index >= 15 is 0 Å². The second kappa shape index (κ2) is 4.87. The Morgan fingerprint density at radius 1 is 1.37 bits per heavy atom. The first-order valence-electron chi connectivity index (χ1n) is 6.13. The monoisotopic (exact) mass is 264 g/mol. The van der Waals surface area contributed by atoms with Crippen LogP contribution in [-0.2, 0) is 11.8 Å². The molecule has 2 heterocycles. The Hall–Kier alpha value is -2.11. The molecule has 1 amide bonds. The van der Waals surface area contributed by atoms with E-state index in [9.17, 15) is 14.4 Å². The van der Waals surface area contributed by atoms with Crippen molar-refractivity contribution in [2.45, 2.75) is 25.8 Å². The van der Waals surface area contributed by atoms with E-state index in [1.54, 1.807) is 17.8 Å². The molecule has 0 aliphatic carbocycles. The zero-order valence-corrected chi connectivity index (χ0v) is 10.9. The fraction of sp³-hybridized carbons (Fsp3) is 0.462. The zero-order chi connectivity index (χ0) is 14.2. The van der Waals surface area contributed by atoms with Crippen LogP contribution in [0.3, 0.4) is 0 Å². The number of aromatic nitrogens is 1. The maximum atomic E-state index is 12.3. The Labute approximate surface area is 110 Å². The van der Waals surface area contributed by atoms with Crippen LogP contribution in [-0.4, -0.2) is 44.8 Å². The molecule has 1 aromatic rings. The third-order valence-electron chi connectivity index (χ3n) is 3.43. The van der Waals surface area contributed by atoms with Crippen LogP contribution in [0.1, 0.15) is 40.6 Å². The molecule has 1 N–H and O–H groups in total. The van der Waals surface area contributed by atoms with Gasteiger partial charge < -0.3 is 14.6 Å². The molecule has 0 unspecified atom stereocenters. The number of likely N-dealkylation sites (tertiary alicyclic amines) is 1. The molecule has 0 spiro atoms. The minimum atomic E-state index is -0.980. The van der Waals surface area contributed by atoms with Crippen LogP contribution in [0.4, 0.5) is 0 Å². The van der Waals surface area contributed by atoms with Crippen molar-refractivity contribution in [3.05, 3.63) is 23.5 Å². The SMILES string of the molecule is CC(=O)c1cc(C(=O)N2CCC[C@H]2C(=O)O)n(C)c1. The maximum absolute atomic E-state index is 12.3. The summed E-state index contributed by atoms with van der Waals surface area (Å²) in [5, 5.41) is 9.09. The molecule has 0 saturated carbocycles. The Kier molecular flexibility index (Phi) is 3.42. The summed E-state index contributed by atoms with van der Waals surface area (Å²) in [5.41, 5.74) is 0.801. The average Bonchev–Trinajstić information content (AvgIpc) is 2.93. The second-order valence-electron chi connectivity index (χ2n) is 4.78. The van der Waals surface area contributed by atoms with E-state index in [4.69, 9.17) is 5.11 Å². The number of Topliss-reactive ketones (excluding diaryl/α,β-unsaturated/α-hetero) is 1. The lowest BCUT2D eigenvalue weighted by Gasteiger charge is -2.21. The van der Waals surface area contributed by atoms with Gasteiger partial charge in [0.2, 0.25) is 0 Å². The minimum Gasteiger partial charge on any atom is -0.480 e. The molecule has 0 radical (unpaired) electrons. The van der Waals surface area contributed by atoms with Gasteiger partial charge in [-0.15, -0.1) is 0 Å². The quantitative estimate of drug-likeness (QED) is 0.823. The molecule has 0 aromatic carbocycles. The summed E-state index contributed by atoms with van der Waals surface area (Å²) < 4.78 is 1.57. The largest absolute Gasteiger partial charge is 0.480 e. The highest BCUT2D eigenvalue weighted by atomic mass is 16.4. The summed E-state index contributed by atoms with van der Waals surface area (Å²) in [4.78, 5) is 36.1. The van der Waals surface area contributed by atoms with Crippen LogP contribution in [0.5, 0.6) is 0 Å². The van der Waals surface area contributed by atoms with Crippen LogP contribution in [0.2, 0.25) is 0 Å². The Morgan fingerprint density at radius 2 is 2.05 bits per heavy atom. The van der Waals surface area contributed by atoms with Crippen LogP contribution < -0.4 is 0 Å². The number of rotatable bonds is 3. The van der Waals surface area contributed by atoms with Gasteiger partial charge in [0.15, 0.2) is 5.78 Å². The van der Waals surface area contributed by atoms with E-state index in [1.807, 2.05) is 0 Å². The normalized spacial score (nSPS) is 18.6. The van der Waals surface area contributed by atoms with Crippen LogP contribution >= 0.6 is 0 Å². The summed E-state index contributed by atoms with van der Waals surface area (Å²) in [6.45, 7) is 1.87. The molecular weight excluding hydrogens is 248 g/mol. The van der Waals surface area contributed by atoms with Gasteiger partial charge in [-0.1, -0.05) is 0 Å². The zero-order valence-electron chi connectivity index (χ0n) is 10.9. The van der Waals surface area contributed by atoms with Crippen LogP contribution in [0.25, 0.3) is 0 Å². The molecule has 19 heavy (non-hydrogen) atoms. The second-order valence-corrected chi connectivity index (χ2v) is 4.78. The van der Waals surface area contributed by atoms with E-state index in [0.29, 0.717) is 30.6 Å². The summed E-state index contributed by atoms with van der Waals surface area (Å²) in [5.74, 6) is -1.43. The minimum absolute atomic E-state index is 0.120. The lowest BCUT2D eigenvalue weighted by Crippen LogP contribution is -2.41. The van der Waals surface area contributed by atoms with Gasteiger partial charge >= 0.3 is 5.97 Å². The topological polar surface area (TPSA) is 79.6 Å². The molecule has 1 saturated heterocycles. The molecule has 6 nitrogen and oxygen atoms in total. The first kappa shape index (κ1) is 13.3. The number of aryl methyl sites for hydroxylation is 1. The highest BCUT2D eigenvalue weighted by Crippen LogP contribution is 2.21. The van der Waals surface area contributed by atoms with Crippen molar-refractivity contribution in [1.29, 1.82) is 0 Å². The van der Waals surface area contributed by atoms with Crippen molar-refractivity contribution in [2.24, 2.45) is 7.05 Å². The summed E-state index contributed by atoms with van der Waals surface area (Å²) in [6.07, 6.45) is 2.75. The summed E-state index contributed by atoms with van der Waals surface area (Å²) in [6, 6.07) is 0.755. The number of carbonyl (C=O) groups is 3. The van der Waals surface area contributed by atoms with Crippen molar-refractivity contribution in [2.75, 3.05) is 6.54 Å². The number of hydrogen-bond acceptors (Lipinski definition) is 3. The van der Waals surface area contributed by atoms with E-state index in [1.165, 1.54) is 17.9 Å². The van der Waals surface area contributed by atoms with E-state index < -0.39 is 12.0 Å². The standard InChI is InChI=1S/C13H16N2O4/c1-8(16)9-6-11(14(2)7-9)12(17)15-5-3-4-10(15)13(18)19/h6-7,10H,3-5H2,1-2H3,(H,18,19)/t10-/m0/s1. The molecule has 1 atom stereocenters. The highest BCUT2D eigenvalue weighted by molar-refractivity contribution is 6.00. The Bertz CT molecular complexity index is 547. The summed E-state index contributed by atoms with van der Waals surface area (Å²) >= 11 is 0. The predicted molar refractivity (Wildman–Crippen MR) is 67.1 cm³/mol. The molecule has 1 fully saturated rings. The van der Waals surface area contributed by atoms with Gasteiger partial charge in [0.05, 0.1) is 0 Å². The maximum Gasteiger partial charge on any atom is 0.326 e. The molecule has 2 rings (SSSR count). The first-order chi connectivity index (χ1) is 8.91. The third-order valence-corrected chi connectivity index (χ3v) is 3.43. The van der Waals surface area contributed by atoms with E-state index in [0.717, 1.165) is 0 Å².